The van der Waals surface area contributed by atoms with Crippen LogP contribution in [-0.2, 0) is 4.79 Å². The van der Waals surface area contributed by atoms with Crippen LogP contribution >= 0.6 is 11.8 Å². The van der Waals surface area contributed by atoms with Gasteiger partial charge >= 0.3 is 0 Å². The molecular formula is C15H11N3O5S. The number of hydrogen-bond acceptors (Lipinski definition) is 7. The minimum absolute atomic E-state index is 0.0786. The molecule has 2 aromatic rings. The van der Waals surface area contributed by atoms with Gasteiger partial charge in [0.2, 0.25) is 0 Å². The standard InChI is InChI=1S/C15H11N3O5S/c1-22-12-6-8(18(20)21)2-4-10(12)11-5-3-9(23-11)7-13-14(19)17-15(16)24-13/h2-7H,1H3,(H2,16,17,19)/b13-7+. The van der Waals surface area contributed by atoms with Crippen LogP contribution in [0.3, 0.4) is 0 Å². The van der Waals surface area contributed by atoms with Gasteiger partial charge in [-0.3, -0.25) is 14.9 Å². The summed E-state index contributed by atoms with van der Waals surface area (Å²) in [5, 5.41) is 11.0. The molecule has 122 valence electrons. The number of methoxy groups -OCH3 is 1. The summed E-state index contributed by atoms with van der Waals surface area (Å²) in [4.78, 5) is 25.9. The van der Waals surface area contributed by atoms with E-state index in [1.165, 1.54) is 25.3 Å². The highest BCUT2D eigenvalue weighted by Crippen LogP contribution is 2.35. The Kier molecular flexibility index (Phi) is 4.09. The number of nitro groups is 1. The lowest BCUT2D eigenvalue weighted by Crippen LogP contribution is -2.01. The second-order valence-corrected chi connectivity index (χ2v) is 5.77. The number of amides is 1. The van der Waals surface area contributed by atoms with Crippen molar-refractivity contribution in [2.24, 2.45) is 10.7 Å². The molecule has 0 bridgehead atoms. The number of amidine groups is 1. The molecule has 2 N–H and O–H groups in total. The van der Waals surface area contributed by atoms with Crippen molar-refractivity contribution in [3.05, 3.63) is 51.1 Å². The zero-order valence-electron chi connectivity index (χ0n) is 12.4. The molecule has 8 nitrogen and oxygen atoms in total. The Labute approximate surface area is 140 Å². The number of carbonyl (C=O) groups is 1. The van der Waals surface area contributed by atoms with Crippen LogP contribution in [0.2, 0.25) is 0 Å². The van der Waals surface area contributed by atoms with Gasteiger partial charge in [0, 0.05) is 12.1 Å². The van der Waals surface area contributed by atoms with Crippen LogP contribution in [0.5, 0.6) is 5.75 Å². The van der Waals surface area contributed by atoms with Crippen LogP contribution in [0.4, 0.5) is 5.69 Å². The van der Waals surface area contributed by atoms with Gasteiger partial charge in [0.25, 0.3) is 11.6 Å². The molecular weight excluding hydrogens is 334 g/mol. The minimum Gasteiger partial charge on any atom is -0.496 e. The quantitative estimate of drug-likeness (QED) is 0.513. The fourth-order valence-corrected chi connectivity index (χ4v) is 2.79. The number of hydrogen-bond donors (Lipinski definition) is 1. The summed E-state index contributed by atoms with van der Waals surface area (Å²) in [6.07, 6.45) is 1.54. The van der Waals surface area contributed by atoms with E-state index in [0.29, 0.717) is 27.7 Å². The molecule has 0 saturated heterocycles. The molecule has 0 unspecified atom stereocenters. The molecule has 3 rings (SSSR count). The molecule has 24 heavy (non-hydrogen) atoms. The summed E-state index contributed by atoms with van der Waals surface area (Å²) in [6.45, 7) is 0. The number of nitro benzene ring substituents is 1. The number of aliphatic imine (C=N–C) groups is 1. The van der Waals surface area contributed by atoms with E-state index in [0.717, 1.165) is 11.8 Å². The third kappa shape index (κ3) is 3.01. The van der Waals surface area contributed by atoms with Crippen molar-refractivity contribution >= 4 is 34.6 Å². The number of ether oxygens (including phenoxy) is 1. The molecule has 0 aliphatic carbocycles. The lowest BCUT2D eigenvalue weighted by atomic mass is 10.1. The summed E-state index contributed by atoms with van der Waals surface area (Å²) in [6, 6.07) is 7.59. The summed E-state index contributed by atoms with van der Waals surface area (Å²) < 4.78 is 10.9. The van der Waals surface area contributed by atoms with Crippen LogP contribution in [0, 0.1) is 10.1 Å². The highest BCUT2D eigenvalue weighted by Gasteiger charge is 2.20. The van der Waals surface area contributed by atoms with Crippen molar-refractivity contribution in [1.82, 2.24) is 0 Å². The first-order valence-electron chi connectivity index (χ1n) is 6.68. The Morgan fingerprint density at radius 3 is 2.79 bits per heavy atom. The number of nitrogens with zero attached hydrogens (tertiary/aromatic N) is 2. The lowest BCUT2D eigenvalue weighted by molar-refractivity contribution is -0.384. The number of benzene rings is 1. The average molecular weight is 345 g/mol. The van der Waals surface area contributed by atoms with Crippen molar-refractivity contribution in [3.8, 4) is 17.1 Å². The minimum atomic E-state index is -0.502. The van der Waals surface area contributed by atoms with Crippen LogP contribution < -0.4 is 10.5 Å². The number of non-ortho nitro benzene ring substituents is 1. The fourth-order valence-electron chi connectivity index (χ4n) is 2.13. The first-order chi connectivity index (χ1) is 11.5. The Balaban J connectivity index is 1.93. The van der Waals surface area contributed by atoms with Gasteiger partial charge in [-0.1, -0.05) is 0 Å². The normalized spacial score (nSPS) is 15.6. The van der Waals surface area contributed by atoms with E-state index in [2.05, 4.69) is 4.99 Å². The van der Waals surface area contributed by atoms with E-state index < -0.39 is 10.8 Å². The van der Waals surface area contributed by atoms with Crippen molar-refractivity contribution in [1.29, 1.82) is 0 Å². The molecule has 1 aromatic heterocycles. The second kappa shape index (κ2) is 6.20. The Morgan fingerprint density at radius 2 is 2.17 bits per heavy atom. The topological polar surface area (TPSA) is 121 Å². The number of carbonyl (C=O) groups excluding carboxylic acids is 1. The maximum Gasteiger partial charge on any atom is 0.286 e. The molecule has 1 aliphatic heterocycles. The molecule has 0 atom stereocenters. The van der Waals surface area contributed by atoms with E-state index in [1.807, 2.05) is 0 Å². The number of furan rings is 1. The first-order valence-corrected chi connectivity index (χ1v) is 7.50. The van der Waals surface area contributed by atoms with E-state index >= 15 is 0 Å². The molecule has 0 saturated carbocycles. The van der Waals surface area contributed by atoms with Gasteiger partial charge in [0.05, 0.1) is 28.6 Å². The van der Waals surface area contributed by atoms with Crippen molar-refractivity contribution in [2.45, 2.75) is 0 Å². The lowest BCUT2D eigenvalue weighted by Gasteiger charge is -2.05. The van der Waals surface area contributed by atoms with E-state index in [-0.39, 0.29) is 10.9 Å². The number of rotatable bonds is 4. The van der Waals surface area contributed by atoms with Gasteiger partial charge in [-0.25, -0.2) is 0 Å². The van der Waals surface area contributed by atoms with Crippen molar-refractivity contribution in [2.75, 3.05) is 7.11 Å². The van der Waals surface area contributed by atoms with Crippen molar-refractivity contribution < 1.29 is 18.9 Å². The Morgan fingerprint density at radius 1 is 1.38 bits per heavy atom. The first kappa shape index (κ1) is 15.8. The molecule has 1 amide bonds. The highest BCUT2D eigenvalue weighted by atomic mass is 32.2. The Bertz CT molecular complexity index is 900. The zero-order valence-corrected chi connectivity index (χ0v) is 13.2. The predicted molar refractivity (Wildman–Crippen MR) is 89.5 cm³/mol. The summed E-state index contributed by atoms with van der Waals surface area (Å²) >= 11 is 1.07. The third-order valence-electron chi connectivity index (χ3n) is 3.20. The number of thioether (sulfide) groups is 1. The monoisotopic (exact) mass is 345 g/mol. The fraction of sp³-hybridized carbons (Fsp3) is 0.0667. The average Bonchev–Trinajstić information content (AvgIpc) is 3.13. The summed E-state index contributed by atoms with van der Waals surface area (Å²) in [7, 11) is 1.42. The number of nitrogens with two attached hydrogens (primary N) is 1. The van der Waals surface area contributed by atoms with Gasteiger partial charge < -0.3 is 14.9 Å². The van der Waals surface area contributed by atoms with Gasteiger partial charge in [0.1, 0.15) is 17.3 Å². The van der Waals surface area contributed by atoms with Gasteiger partial charge in [-0.15, -0.1) is 0 Å². The van der Waals surface area contributed by atoms with Crippen LogP contribution in [0.15, 0.2) is 44.6 Å². The molecule has 1 aliphatic rings. The SMILES string of the molecule is COc1cc([N+](=O)[O-])ccc1-c1ccc(/C=C2/SC(N)=NC2=O)o1. The zero-order chi connectivity index (χ0) is 17.3. The predicted octanol–water partition coefficient (Wildman–Crippen LogP) is 2.79. The van der Waals surface area contributed by atoms with E-state index in [1.54, 1.807) is 18.2 Å². The highest BCUT2D eigenvalue weighted by molar-refractivity contribution is 8.18. The molecule has 0 fully saturated rings. The second-order valence-electron chi connectivity index (χ2n) is 4.71. The largest absolute Gasteiger partial charge is 0.496 e. The van der Waals surface area contributed by atoms with Crippen LogP contribution in [-0.4, -0.2) is 23.1 Å². The maximum atomic E-state index is 11.6. The molecule has 9 heteroatoms. The molecule has 0 radical (unpaired) electrons. The van der Waals surface area contributed by atoms with Gasteiger partial charge in [-0.2, -0.15) is 4.99 Å². The summed E-state index contributed by atoms with van der Waals surface area (Å²) in [5.74, 6) is 0.795. The van der Waals surface area contributed by atoms with E-state index in [4.69, 9.17) is 14.9 Å². The van der Waals surface area contributed by atoms with E-state index in [9.17, 15) is 14.9 Å². The maximum absolute atomic E-state index is 11.6. The molecule has 0 spiro atoms. The van der Waals surface area contributed by atoms with Gasteiger partial charge in [0.15, 0.2) is 5.17 Å². The Hall–Kier alpha value is -3.07. The van der Waals surface area contributed by atoms with Crippen LogP contribution in [0.1, 0.15) is 5.76 Å². The van der Waals surface area contributed by atoms with Crippen LogP contribution in [0.25, 0.3) is 17.4 Å². The van der Waals surface area contributed by atoms with Gasteiger partial charge in [-0.05, 0) is 30.0 Å². The molecule has 2 heterocycles. The molecule has 1 aromatic carbocycles. The summed E-state index contributed by atoms with van der Waals surface area (Å²) in [5.41, 5.74) is 5.98. The smallest absolute Gasteiger partial charge is 0.286 e. The van der Waals surface area contributed by atoms with Crippen molar-refractivity contribution in [3.63, 3.8) is 0 Å². The third-order valence-corrected chi connectivity index (χ3v) is 4.01.